The van der Waals surface area contributed by atoms with Crippen LogP contribution < -0.4 is 5.32 Å². The Morgan fingerprint density at radius 1 is 1.59 bits per heavy atom. The molecule has 6 heteroatoms. The molecule has 94 valence electrons. The fraction of sp³-hybridized carbons (Fsp3) is 0.455. The molecule has 0 aromatic carbocycles. The third kappa shape index (κ3) is 3.49. The van der Waals surface area contributed by atoms with Gasteiger partial charge in [-0.3, -0.25) is 9.59 Å². The summed E-state index contributed by atoms with van der Waals surface area (Å²) in [6, 6.07) is 1.56. The maximum absolute atomic E-state index is 11.8. The van der Waals surface area contributed by atoms with Crippen LogP contribution in [0.25, 0.3) is 0 Å². The summed E-state index contributed by atoms with van der Waals surface area (Å²) in [5.41, 5.74) is 0.440. The largest absolute Gasteiger partial charge is 0.481 e. The minimum Gasteiger partial charge on any atom is -0.481 e. The zero-order chi connectivity index (χ0) is 13.0. The first kappa shape index (κ1) is 13.6. The number of amides is 1. The number of hydrogen-bond donors (Lipinski definition) is 2. The van der Waals surface area contributed by atoms with Crippen molar-refractivity contribution in [1.82, 2.24) is 9.88 Å². The minimum atomic E-state index is -0.936. The van der Waals surface area contributed by atoms with E-state index in [0.29, 0.717) is 17.3 Å². The van der Waals surface area contributed by atoms with Gasteiger partial charge in [0.25, 0.3) is 5.91 Å². The molecule has 0 bridgehead atoms. The molecule has 1 rings (SSSR count). The number of nitrogens with one attached hydrogen (secondary N) is 1. The van der Waals surface area contributed by atoms with Gasteiger partial charge in [0, 0.05) is 19.3 Å². The molecule has 0 fully saturated rings. The molecule has 1 aromatic heterocycles. The summed E-state index contributed by atoms with van der Waals surface area (Å²) in [6.45, 7) is 4.16. The van der Waals surface area contributed by atoms with Gasteiger partial charge >= 0.3 is 5.97 Å². The highest BCUT2D eigenvalue weighted by molar-refractivity contribution is 6.31. The van der Waals surface area contributed by atoms with Crippen molar-refractivity contribution in [1.29, 1.82) is 0 Å². The van der Waals surface area contributed by atoms with Crippen LogP contribution in [-0.2, 0) is 11.3 Å². The summed E-state index contributed by atoms with van der Waals surface area (Å²) in [5.74, 6) is -1.86. The van der Waals surface area contributed by atoms with Crippen molar-refractivity contribution in [2.75, 3.05) is 6.54 Å². The number of aryl methyl sites for hydroxylation is 1. The van der Waals surface area contributed by atoms with Crippen molar-refractivity contribution in [3.8, 4) is 0 Å². The van der Waals surface area contributed by atoms with Gasteiger partial charge in [-0.05, 0) is 13.0 Å². The van der Waals surface area contributed by atoms with Crippen LogP contribution in [0.3, 0.4) is 0 Å². The molecule has 1 unspecified atom stereocenters. The van der Waals surface area contributed by atoms with Crippen LogP contribution in [0.1, 0.15) is 24.3 Å². The van der Waals surface area contributed by atoms with E-state index < -0.39 is 11.9 Å². The summed E-state index contributed by atoms with van der Waals surface area (Å²) >= 11 is 5.81. The molecule has 2 N–H and O–H groups in total. The van der Waals surface area contributed by atoms with Crippen LogP contribution in [0, 0.1) is 5.92 Å². The van der Waals surface area contributed by atoms with Crippen molar-refractivity contribution >= 4 is 23.5 Å². The number of carbonyl (C=O) groups excluding carboxylic acids is 1. The highest BCUT2D eigenvalue weighted by Crippen LogP contribution is 2.14. The molecule has 1 atom stereocenters. The fourth-order valence-electron chi connectivity index (χ4n) is 1.35. The van der Waals surface area contributed by atoms with Crippen LogP contribution in [0.15, 0.2) is 12.3 Å². The van der Waals surface area contributed by atoms with E-state index in [1.807, 2.05) is 6.92 Å². The summed E-state index contributed by atoms with van der Waals surface area (Å²) in [4.78, 5) is 22.4. The predicted molar refractivity (Wildman–Crippen MR) is 64.2 cm³/mol. The average molecular weight is 259 g/mol. The molecule has 0 radical (unpaired) electrons. The summed E-state index contributed by atoms with van der Waals surface area (Å²) < 4.78 is 1.71. The second-order valence-electron chi connectivity index (χ2n) is 3.78. The molecule has 0 aliphatic rings. The van der Waals surface area contributed by atoms with Gasteiger partial charge in [-0.15, -0.1) is 0 Å². The van der Waals surface area contributed by atoms with Crippen LogP contribution in [0.4, 0.5) is 0 Å². The SMILES string of the molecule is CCn1cc(Cl)cc1C(=O)NCC(C)C(=O)O. The van der Waals surface area contributed by atoms with Gasteiger partial charge in [0.2, 0.25) is 0 Å². The Labute approximate surface area is 104 Å². The van der Waals surface area contributed by atoms with Crippen molar-refractivity contribution in [3.05, 3.63) is 23.0 Å². The maximum atomic E-state index is 11.8. The van der Waals surface area contributed by atoms with Gasteiger partial charge in [-0.25, -0.2) is 0 Å². The molecule has 0 spiro atoms. The van der Waals surface area contributed by atoms with Crippen molar-refractivity contribution < 1.29 is 14.7 Å². The number of rotatable bonds is 5. The number of halogens is 1. The Morgan fingerprint density at radius 2 is 2.24 bits per heavy atom. The molecule has 1 aromatic rings. The summed E-state index contributed by atoms with van der Waals surface area (Å²) in [5, 5.41) is 11.8. The Hall–Kier alpha value is -1.49. The van der Waals surface area contributed by atoms with E-state index >= 15 is 0 Å². The Kier molecular flexibility index (Phi) is 4.57. The van der Waals surface area contributed by atoms with Crippen molar-refractivity contribution in [3.63, 3.8) is 0 Å². The van der Waals surface area contributed by atoms with E-state index in [2.05, 4.69) is 5.32 Å². The molecule has 1 heterocycles. The fourth-order valence-corrected chi connectivity index (χ4v) is 1.57. The number of aliphatic carboxylic acids is 1. The maximum Gasteiger partial charge on any atom is 0.308 e. The molecule has 0 aliphatic carbocycles. The molecular weight excluding hydrogens is 244 g/mol. The van der Waals surface area contributed by atoms with Gasteiger partial charge in [0.05, 0.1) is 10.9 Å². The molecule has 5 nitrogen and oxygen atoms in total. The van der Waals surface area contributed by atoms with Crippen LogP contribution >= 0.6 is 11.6 Å². The van der Waals surface area contributed by atoms with Gasteiger partial charge in [-0.2, -0.15) is 0 Å². The highest BCUT2D eigenvalue weighted by Gasteiger charge is 2.15. The second-order valence-corrected chi connectivity index (χ2v) is 4.22. The Morgan fingerprint density at radius 3 is 2.76 bits per heavy atom. The monoisotopic (exact) mass is 258 g/mol. The molecule has 17 heavy (non-hydrogen) atoms. The normalized spacial score (nSPS) is 12.2. The summed E-state index contributed by atoms with van der Waals surface area (Å²) in [6.07, 6.45) is 1.66. The topological polar surface area (TPSA) is 71.3 Å². The highest BCUT2D eigenvalue weighted by atomic mass is 35.5. The number of nitrogens with zero attached hydrogens (tertiary/aromatic N) is 1. The molecular formula is C11H15ClN2O3. The molecule has 0 saturated heterocycles. The van der Waals surface area contributed by atoms with E-state index in [4.69, 9.17) is 16.7 Å². The first-order valence-corrected chi connectivity index (χ1v) is 5.70. The van der Waals surface area contributed by atoms with Gasteiger partial charge in [-0.1, -0.05) is 18.5 Å². The van der Waals surface area contributed by atoms with Gasteiger partial charge in [0.1, 0.15) is 5.69 Å². The Bertz CT molecular complexity index is 428. The lowest BCUT2D eigenvalue weighted by Gasteiger charge is -2.09. The van der Waals surface area contributed by atoms with E-state index in [1.165, 1.54) is 6.92 Å². The van der Waals surface area contributed by atoms with Crippen molar-refractivity contribution in [2.24, 2.45) is 5.92 Å². The van der Waals surface area contributed by atoms with Crippen LogP contribution in [0.2, 0.25) is 5.02 Å². The standard InChI is InChI=1S/C11H15ClN2O3/c1-3-14-6-8(12)4-9(14)10(15)13-5-7(2)11(16)17/h4,6-7H,3,5H2,1-2H3,(H,13,15)(H,16,17). The quantitative estimate of drug-likeness (QED) is 0.843. The average Bonchev–Trinajstić information content (AvgIpc) is 2.66. The first-order valence-electron chi connectivity index (χ1n) is 5.32. The third-order valence-electron chi connectivity index (χ3n) is 2.43. The number of carboxylic acid groups (broad SMARTS) is 1. The third-order valence-corrected chi connectivity index (χ3v) is 2.63. The van der Waals surface area contributed by atoms with E-state index in [1.54, 1.807) is 16.8 Å². The lowest BCUT2D eigenvalue weighted by Crippen LogP contribution is -2.32. The Balaban J connectivity index is 2.66. The van der Waals surface area contributed by atoms with E-state index in [-0.39, 0.29) is 12.5 Å². The van der Waals surface area contributed by atoms with Crippen molar-refractivity contribution in [2.45, 2.75) is 20.4 Å². The molecule has 1 amide bonds. The lowest BCUT2D eigenvalue weighted by molar-refractivity contribution is -0.140. The number of aromatic nitrogens is 1. The van der Waals surface area contributed by atoms with Gasteiger partial charge in [0.15, 0.2) is 0 Å². The lowest BCUT2D eigenvalue weighted by atomic mass is 10.2. The first-order chi connectivity index (χ1) is 7.95. The second kappa shape index (κ2) is 5.72. The van der Waals surface area contributed by atoms with E-state index in [0.717, 1.165) is 0 Å². The smallest absolute Gasteiger partial charge is 0.308 e. The number of hydrogen-bond acceptors (Lipinski definition) is 2. The molecule has 0 aliphatic heterocycles. The zero-order valence-electron chi connectivity index (χ0n) is 9.74. The predicted octanol–water partition coefficient (Wildman–Crippen LogP) is 1.61. The van der Waals surface area contributed by atoms with Gasteiger partial charge < -0.3 is 15.0 Å². The van der Waals surface area contributed by atoms with E-state index in [9.17, 15) is 9.59 Å². The number of carbonyl (C=O) groups is 2. The van der Waals surface area contributed by atoms with Crippen LogP contribution in [0.5, 0.6) is 0 Å². The summed E-state index contributed by atoms with van der Waals surface area (Å²) in [7, 11) is 0. The number of carboxylic acids is 1. The molecule has 0 saturated carbocycles. The van der Waals surface area contributed by atoms with Crippen LogP contribution in [-0.4, -0.2) is 28.1 Å². The minimum absolute atomic E-state index is 0.0979. The zero-order valence-corrected chi connectivity index (χ0v) is 10.5.